The molecule has 0 amide bonds. The van der Waals surface area contributed by atoms with Crippen molar-refractivity contribution in [3.05, 3.63) is 59.8 Å². The van der Waals surface area contributed by atoms with Crippen molar-refractivity contribution in [2.24, 2.45) is 9.81 Å². The van der Waals surface area contributed by atoms with E-state index in [0.717, 1.165) is 23.4 Å². The maximum atomic E-state index is 13.7. The van der Waals surface area contributed by atoms with E-state index in [1.807, 2.05) is 17.7 Å². The first-order chi connectivity index (χ1) is 16.3. The van der Waals surface area contributed by atoms with E-state index in [0.29, 0.717) is 42.6 Å². The molecular formula is C27H31F3N2O2S. The Balaban J connectivity index is 1.91. The molecule has 0 unspecified atom stereocenters. The molecule has 35 heavy (non-hydrogen) atoms. The zero-order valence-electron chi connectivity index (χ0n) is 20.5. The van der Waals surface area contributed by atoms with Gasteiger partial charge in [0, 0.05) is 29.2 Å². The van der Waals surface area contributed by atoms with Crippen LogP contribution in [0.2, 0.25) is 0 Å². The number of hydrogen-bond acceptors (Lipinski definition) is 2. The Bertz CT molecular complexity index is 1380. The van der Waals surface area contributed by atoms with Gasteiger partial charge in [0.15, 0.2) is 0 Å². The van der Waals surface area contributed by atoms with E-state index in [1.54, 1.807) is 24.3 Å². The van der Waals surface area contributed by atoms with Crippen LogP contribution < -0.4 is 0 Å². The number of benzene rings is 2. The molecule has 0 bridgehead atoms. The molecule has 1 aliphatic rings. The summed E-state index contributed by atoms with van der Waals surface area (Å²) in [6.45, 7) is 8.72. The molecule has 1 aliphatic carbocycles. The third-order valence-electron chi connectivity index (χ3n) is 6.43. The predicted molar refractivity (Wildman–Crippen MR) is 135 cm³/mol. The molecule has 0 aliphatic heterocycles. The third-order valence-corrected chi connectivity index (χ3v) is 8.22. The monoisotopic (exact) mass is 504 g/mol. The molecule has 0 radical (unpaired) electrons. The van der Waals surface area contributed by atoms with Crippen molar-refractivity contribution in [3.8, 4) is 11.1 Å². The number of rotatable bonds is 6. The molecule has 3 aromatic rings. The first kappa shape index (κ1) is 25.5. The second-order valence-electron chi connectivity index (χ2n) is 10.5. The molecule has 0 atom stereocenters. The van der Waals surface area contributed by atoms with Gasteiger partial charge in [-0.1, -0.05) is 64.4 Å². The van der Waals surface area contributed by atoms with E-state index in [-0.39, 0.29) is 11.0 Å². The van der Waals surface area contributed by atoms with Crippen molar-refractivity contribution < 1.29 is 21.6 Å². The van der Waals surface area contributed by atoms with Gasteiger partial charge in [-0.15, -0.1) is 0 Å². The highest BCUT2D eigenvalue weighted by molar-refractivity contribution is 7.91. The topological polar surface area (TPSA) is 51.4 Å². The summed E-state index contributed by atoms with van der Waals surface area (Å²) in [5, 5.41) is 0.365. The Morgan fingerprint density at radius 1 is 1.09 bits per heavy atom. The van der Waals surface area contributed by atoms with Crippen LogP contribution in [0.15, 0.2) is 53.1 Å². The molecule has 0 saturated heterocycles. The Labute approximate surface area is 204 Å². The normalized spacial score (nSPS) is 16.0. The van der Waals surface area contributed by atoms with Gasteiger partial charge in [0.25, 0.3) is 10.0 Å². The van der Waals surface area contributed by atoms with E-state index in [9.17, 15) is 21.6 Å². The molecule has 4 nitrogen and oxygen atoms in total. The maximum absolute atomic E-state index is 13.7. The smallest absolute Gasteiger partial charge is 0.346 e. The van der Waals surface area contributed by atoms with Crippen LogP contribution in [0.25, 0.3) is 22.0 Å². The number of fused-ring (bicyclic) bond motifs is 1. The van der Waals surface area contributed by atoms with E-state index in [1.165, 1.54) is 12.1 Å². The molecule has 0 spiro atoms. The summed E-state index contributed by atoms with van der Waals surface area (Å²) in [5.41, 5.74) is 1.74. The zero-order valence-corrected chi connectivity index (χ0v) is 21.3. The van der Waals surface area contributed by atoms with Crippen LogP contribution in [0.5, 0.6) is 0 Å². The molecule has 4 rings (SSSR count). The van der Waals surface area contributed by atoms with E-state index in [4.69, 9.17) is 0 Å². The second-order valence-corrected chi connectivity index (χ2v) is 12.3. The number of aromatic nitrogens is 1. The lowest BCUT2D eigenvalue weighted by Crippen LogP contribution is -2.27. The third kappa shape index (κ3) is 5.32. The van der Waals surface area contributed by atoms with Gasteiger partial charge < -0.3 is 4.57 Å². The van der Waals surface area contributed by atoms with Crippen LogP contribution >= 0.6 is 0 Å². The van der Waals surface area contributed by atoms with Crippen LogP contribution in [-0.4, -0.2) is 23.9 Å². The standard InChI is InChI=1S/C27H31F3N2O2S/c1-5-24(31-35(33,34)19-9-8-10-19)22-16-32(17-26(2,3)4)25-15-18(13-14-21(22)25)20-11-6-7-12-23(20)27(28,29)30/h6-7,11-16,19H,5,8-10,17H2,1-4H3. The van der Waals surface area contributed by atoms with E-state index in [2.05, 4.69) is 25.2 Å². The Hall–Kier alpha value is -2.61. The summed E-state index contributed by atoms with van der Waals surface area (Å²) >= 11 is 0. The molecule has 2 aromatic carbocycles. The first-order valence-corrected chi connectivity index (χ1v) is 13.4. The van der Waals surface area contributed by atoms with Gasteiger partial charge in [0.1, 0.15) is 0 Å². The van der Waals surface area contributed by atoms with Gasteiger partial charge in [-0.2, -0.15) is 17.6 Å². The van der Waals surface area contributed by atoms with Gasteiger partial charge in [-0.25, -0.2) is 8.42 Å². The molecule has 8 heteroatoms. The highest BCUT2D eigenvalue weighted by atomic mass is 32.2. The lowest BCUT2D eigenvalue weighted by Gasteiger charge is -2.23. The number of alkyl halides is 3. The minimum absolute atomic E-state index is 0.107. The molecule has 1 fully saturated rings. The summed E-state index contributed by atoms with van der Waals surface area (Å²) in [6, 6.07) is 10.8. The largest absolute Gasteiger partial charge is 0.417 e. The van der Waals surface area contributed by atoms with Gasteiger partial charge in [-0.05, 0) is 47.9 Å². The van der Waals surface area contributed by atoms with Crippen molar-refractivity contribution in [1.29, 1.82) is 0 Å². The summed E-state index contributed by atoms with van der Waals surface area (Å²) in [4.78, 5) is 0. The Morgan fingerprint density at radius 2 is 1.77 bits per heavy atom. The van der Waals surface area contributed by atoms with E-state index >= 15 is 0 Å². The molecule has 188 valence electrons. The summed E-state index contributed by atoms with van der Waals surface area (Å²) in [7, 11) is -3.60. The van der Waals surface area contributed by atoms with Crippen LogP contribution in [0.4, 0.5) is 13.2 Å². The van der Waals surface area contributed by atoms with E-state index < -0.39 is 27.0 Å². The molecule has 1 heterocycles. The first-order valence-electron chi connectivity index (χ1n) is 11.9. The van der Waals surface area contributed by atoms with Gasteiger partial charge in [-0.3, -0.25) is 0 Å². The van der Waals surface area contributed by atoms with Crippen molar-refractivity contribution in [1.82, 2.24) is 4.57 Å². The highest BCUT2D eigenvalue weighted by Gasteiger charge is 2.34. The van der Waals surface area contributed by atoms with Crippen molar-refractivity contribution in [3.63, 3.8) is 0 Å². The summed E-state index contributed by atoms with van der Waals surface area (Å²) < 4.78 is 72.9. The average Bonchev–Trinajstić information content (AvgIpc) is 3.05. The van der Waals surface area contributed by atoms with Crippen LogP contribution in [0.1, 0.15) is 64.5 Å². The zero-order chi connectivity index (χ0) is 25.6. The van der Waals surface area contributed by atoms with Crippen molar-refractivity contribution >= 4 is 26.6 Å². The van der Waals surface area contributed by atoms with Gasteiger partial charge in [0.2, 0.25) is 0 Å². The van der Waals surface area contributed by atoms with Crippen LogP contribution in [0, 0.1) is 5.41 Å². The minimum Gasteiger partial charge on any atom is -0.346 e. The second kappa shape index (κ2) is 9.12. The average molecular weight is 505 g/mol. The van der Waals surface area contributed by atoms with Gasteiger partial charge in [0.05, 0.1) is 16.5 Å². The molecular weight excluding hydrogens is 473 g/mol. The quantitative estimate of drug-likeness (QED) is 0.327. The fraction of sp³-hybridized carbons (Fsp3) is 0.444. The lowest BCUT2D eigenvalue weighted by atomic mass is 9.96. The molecule has 1 saturated carbocycles. The summed E-state index contributed by atoms with van der Waals surface area (Å²) in [6.07, 6.45) is 0.0242. The highest BCUT2D eigenvalue weighted by Crippen LogP contribution is 2.39. The number of hydrogen-bond donors (Lipinski definition) is 0. The molecule has 1 aromatic heterocycles. The SMILES string of the molecule is CCC(=NS(=O)(=O)C1CCC1)c1cn(CC(C)(C)C)c2cc(-c3ccccc3C(F)(F)F)ccc12. The minimum atomic E-state index is -4.47. The Morgan fingerprint density at radius 3 is 2.34 bits per heavy atom. The van der Waals surface area contributed by atoms with Crippen LogP contribution in [0.3, 0.4) is 0 Å². The Kier molecular flexibility index (Phi) is 6.64. The number of nitrogens with zero attached hydrogens (tertiary/aromatic N) is 2. The maximum Gasteiger partial charge on any atom is 0.417 e. The number of sulfonamides is 1. The fourth-order valence-electron chi connectivity index (χ4n) is 4.51. The lowest BCUT2D eigenvalue weighted by molar-refractivity contribution is -0.137. The molecule has 0 N–H and O–H groups in total. The summed E-state index contributed by atoms with van der Waals surface area (Å²) in [5.74, 6) is 0. The van der Waals surface area contributed by atoms with Gasteiger partial charge >= 0.3 is 6.18 Å². The van der Waals surface area contributed by atoms with Crippen molar-refractivity contribution in [2.45, 2.75) is 71.3 Å². The predicted octanol–water partition coefficient (Wildman–Crippen LogP) is 7.45. The number of halogens is 3. The fourth-order valence-corrected chi connectivity index (χ4v) is 6.13. The van der Waals surface area contributed by atoms with Crippen LogP contribution in [-0.2, 0) is 22.7 Å². The van der Waals surface area contributed by atoms with Crippen molar-refractivity contribution in [2.75, 3.05) is 0 Å².